The zero-order valence-electron chi connectivity index (χ0n) is 10.8. The molecule has 0 heterocycles. The number of carbonyl (C=O) groups is 1. The van der Waals surface area contributed by atoms with E-state index < -0.39 is 0 Å². The van der Waals surface area contributed by atoms with Crippen LogP contribution in [0.5, 0.6) is 0 Å². The molecular weight excluding hydrogens is 200 g/mol. The van der Waals surface area contributed by atoms with Crippen molar-refractivity contribution in [3.8, 4) is 0 Å². The maximum atomic E-state index is 11.4. The van der Waals surface area contributed by atoms with Gasteiger partial charge in [0.2, 0.25) is 0 Å². The van der Waals surface area contributed by atoms with Crippen LogP contribution in [0.2, 0.25) is 0 Å². The van der Waals surface area contributed by atoms with Crippen LogP contribution < -0.4 is 0 Å². The summed E-state index contributed by atoms with van der Waals surface area (Å²) in [6.45, 7) is 6.48. The van der Waals surface area contributed by atoms with E-state index in [1.165, 1.54) is 25.7 Å². The minimum absolute atomic E-state index is 0.160. The van der Waals surface area contributed by atoms with Gasteiger partial charge in [0.15, 0.2) is 0 Å². The fourth-order valence-corrected chi connectivity index (χ4v) is 2.24. The molecule has 0 N–H and O–H groups in total. The molecule has 0 bridgehead atoms. The fourth-order valence-electron chi connectivity index (χ4n) is 2.24. The first-order valence-corrected chi connectivity index (χ1v) is 6.47. The molecule has 0 aromatic carbocycles. The first-order valence-electron chi connectivity index (χ1n) is 6.47. The van der Waals surface area contributed by atoms with Gasteiger partial charge in [-0.3, -0.25) is 0 Å². The highest BCUT2D eigenvalue weighted by Crippen LogP contribution is 2.30. The Labute approximate surface area is 99.1 Å². The molecule has 0 atom stereocenters. The van der Waals surface area contributed by atoms with E-state index in [9.17, 15) is 4.79 Å². The minimum Gasteiger partial charge on any atom is -0.463 e. The topological polar surface area (TPSA) is 26.3 Å². The summed E-state index contributed by atoms with van der Waals surface area (Å²) in [5.41, 5.74) is 0.764. The van der Waals surface area contributed by atoms with E-state index >= 15 is 0 Å². The van der Waals surface area contributed by atoms with Gasteiger partial charge >= 0.3 is 5.97 Å². The fraction of sp³-hybridized carbons (Fsp3) is 0.786. The number of ether oxygens (including phenoxy) is 1. The third kappa shape index (κ3) is 4.38. The van der Waals surface area contributed by atoms with Crippen molar-refractivity contribution in [2.75, 3.05) is 6.61 Å². The van der Waals surface area contributed by atoms with Gasteiger partial charge in [0, 0.05) is 5.57 Å². The first-order chi connectivity index (χ1) is 7.63. The molecule has 92 valence electrons. The lowest BCUT2D eigenvalue weighted by molar-refractivity contribution is -0.138. The monoisotopic (exact) mass is 224 g/mol. The Bertz CT molecular complexity index is 247. The molecule has 2 heteroatoms. The molecule has 0 aromatic heterocycles. The molecule has 1 aliphatic carbocycles. The summed E-state index contributed by atoms with van der Waals surface area (Å²) in [7, 11) is 0. The Morgan fingerprint density at radius 1 is 1.31 bits per heavy atom. The lowest BCUT2D eigenvalue weighted by Crippen LogP contribution is -2.12. The molecule has 2 nitrogen and oxygen atoms in total. The minimum atomic E-state index is -0.160. The highest BCUT2D eigenvalue weighted by atomic mass is 16.5. The van der Waals surface area contributed by atoms with E-state index in [4.69, 9.17) is 4.74 Å². The number of carbonyl (C=O) groups excluding carboxylic acids is 1. The number of esters is 1. The predicted octanol–water partition coefficient (Wildman–Crippen LogP) is 3.71. The Balaban J connectivity index is 2.32. The van der Waals surface area contributed by atoms with Crippen molar-refractivity contribution in [3.05, 3.63) is 11.6 Å². The van der Waals surface area contributed by atoms with Gasteiger partial charge in [-0.15, -0.1) is 0 Å². The van der Waals surface area contributed by atoms with Crippen molar-refractivity contribution >= 4 is 5.97 Å². The normalized spacial score (nSPS) is 26.6. The van der Waals surface area contributed by atoms with Crippen LogP contribution in [0, 0.1) is 11.8 Å². The van der Waals surface area contributed by atoms with Gasteiger partial charge in [0.25, 0.3) is 0 Å². The zero-order chi connectivity index (χ0) is 12.0. The standard InChI is InChI=1S/C14H24O2/c1-4-16-14(15)12(3)7-10-13-8-5-11(2)6-9-13/h7,11,13H,4-6,8-10H2,1-3H3/b12-7+/t11-,13+. The van der Waals surface area contributed by atoms with Crippen LogP contribution in [0.4, 0.5) is 0 Å². The van der Waals surface area contributed by atoms with Gasteiger partial charge in [-0.1, -0.05) is 25.8 Å². The van der Waals surface area contributed by atoms with Crippen molar-refractivity contribution in [3.63, 3.8) is 0 Å². The first kappa shape index (κ1) is 13.3. The molecule has 0 aromatic rings. The van der Waals surface area contributed by atoms with Gasteiger partial charge < -0.3 is 4.74 Å². The molecule has 0 unspecified atom stereocenters. The molecule has 1 rings (SSSR count). The molecule has 1 fully saturated rings. The molecule has 16 heavy (non-hydrogen) atoms. The largest absolute Gasteiger partial charge is 0.463 e. The Morgan fingerprint density at radius 3 is 2.50 bits per heavy atom. The Hall–Kier alpha value is -0.790. The molecule has 1 saturated carbocycles. The SMILES string of the molecule is CCOC(=O)/C(C)=C/C[C@H]1CC[C@@H](C)CC1. The lowest BCUT2D eigenvalue weighted by Gasteiger charge is -2.25. The Morgan fingerprint density at radius 2 is 1.94 bits per heavy atom. The summed E-state index contributed by atoms with van der Waals surface area (Å²) in [4.78, 5) is 11.4. The highest BCUT2D eigenvalue weighted by Gasteiger charge is 2.17. The molecule has 1 aliphatic rings. The van der Waals surface area contributed by atoms with Crippen LogP contribution >= 0.6 is 0 Å². The number of allylic oxidation sites excluding steroid dienone is 1. The van der Waals surface area contributed by atoms with E-state index in [2.05, 4.69) is 13.0 Å². The summed E-state index contributed by atoms with van der Waals surface area (Å²) >= 11 is 0. The maximum absolute atomic E-state index is 11.4. The van der Waals surface area contributed by atoms with Crippen molar-refractivity contribution in [1.82, 2.24) is 0 Å². The van der Waals surface area contributed by atoms with E-state index in [1.807, 2.05) is 13.8 Å². The molecule has 0 spiro atoms. The van der Waals surface area contributed by atoms with Gasteiger partial charge in [0.1, 0.15) is 0 Å². The van der Waals surface area contributed by atoms with Crippen molar-refractivity contribution in [2.24, 2.45) is 11.8 Å². The quantitative estimate of drug-likeness (QED) is 0.537. The lowest BCUT2D eigenvalue weighted by atomic mass is 9.81. The summed E-state index contributed by atoms with van der Waals surface area (Å²) in [5, 5.41) is 0. The van der Waals surface area contributed by atoms with E-state index in [-0.39, 0.29) is 5.97 Å². The third-order valence-electron chi connectivity index (χ3n) is 3.49. The van der Waals surface area contributed by atoms with E-state index in [1.54, 1.807) is 0 Å². The van der Waals surface area contributed by atoms with Gasteiger partial charge in [-0.25, -0.2) is 4.79 Å². The average molecular weight is 224 g/mol. The van der Waals surface area contributed by atoms with Crippen LogP contribution in [0.25, 0.3) is 0 Å². The van der Waals surface area contributed by atoms with Crippen LogP contribution in [0.1, 0.15) is 52.9 Å². The summed E-state index contributed by atoms with van der Waals surface area (Å²) < 4.78 is 4.95. The second-order valence-electron chi connectivity index (χ2n) is 4.97. The molecule has 0 aliphatic heterocycles. The van der Waals surface area contributed by atoms with E-state index in [0.29, 0.717) is 6.61 Å². The second-order valence-corrected chi connectivity index (χ2v) is 4.97. The molecule has 0 saturated heterocycles. The van der Waals surface area contributed by atoms with Crippen LogP contribution in [-0.2, 0) is 9.53 Å². The van der Waals surface area contributed by atoms with Gasteiger partial charge in [-0.05, 0) is 44.9 Å². The summed E-state index contributed by atoms with van der Waals surface area (Å²) in [6.07, 6.45) is 8.41. The van der Waals surface area contributed by atoms with Gasteiger partial charge in [-0.2, -0.15) is 0 Å². The molecule has 0 amide bonds. The van der Waals surface area contributed by atoms with Crippen molar-refractivity contribution in [2.45, 2.75) is 52.9 Å². The zero-order valence-corrected chi connectivity index (χ0v) is 10.8. The Kier molecular flexibility index (Phi) is 5.58. The van der Waals surface area contributed by atoms with Crippen molar-refractivity contribution in [1.29, 1.82) is 0 Å². The van der Waals surface area contributed by atoms with Crippen LogP contribution in [-0.4, -0.2) is 12.6 Å². The highest BCUT2D eigenvalue weighted by molar-refractivity contribution is 5.87. The number of hydrogen-bond acceptors (Lipinski definition) is 2. The third-order valence-corrected chi connectivity index (χ3v) is 3.49. The van der Waals surface area contributed by atoms with Crippen LogP contribution in [0.3, 0.4) is 0 Å². The predicted molar refractivity (Wildman–Crippen MR) is 66.1 cm³/mol. The van der Waals surface area contributed by atoms with Crippen molar-refractivity contribution < 1.29 is 9.53 Å². The average Bonchev–Trinajstić information content (AvgIpc) is 2.28. The summed E-state index contributed by atoms with van der Waals surface area (Å²) in [6, 6.07) is 0. The maximum Gasteiger partial charge on any atom is 0.333 e. The van der Waals surface area contributed by atoms with Crippen LogP contribution in [0.15, 0.2) is 11.6 Å². The van der Waals surface area contributed by atoms with E-state index in [0.717, 1.165) is 23.8 Å². The molecular formula is C14H24O2. The smallest absolute Gasteiger partial charge is 0.333 e. The second kappa shape index (κ2) is 6.72. The number of rotatable bonds is 4. The van der Waals surface area contributed by atoms with Gasteiger partial charge in [0.05, 0.1) is 6.61 Å². The summed E-state index contributed by atoms with van der Waals surface area (Å²) in [5.74, 6) is 1.51. The molecule has 0 radical (unpaired) electrons. The number of hydrogen-bond donors (Lipinski definition) is 0.